The number of amides is 1. The van der Waals surface area contributed by atoms with Crippen molar-refractivity contribution in [2.24, 2.45) is 0 Å². The maximum Gasteiger partial charge on any atom is 0.301 e. The summed E-state index contributed by atoms with van der Waals surface area (Å²) in [5.74, 6) is 0.113. The van der Waals surface area contributed by atoms with Crippen LogP contribution in [0.15, 0.2) is 72.4 Å². The van der Waals surface area contributed by atoms with Crippen molar-refractivity contribution in [2.75, 3.05) is 11.5 Å². The van der Waals surface area contributed by atoms with E-state index in [9.17, 15) is 14.7 Å². The summed E-state index contributed by atoms with van der Waals surface area (Å²) in [4.78, 5) is 32.3. The van der Waals surface area contributed by atoms with E-state index in [2.05, 4.69) is 11.9 Å². The third-order valence-electron chi connectivity index (χ3n) is 6.72. The summed E-state index contributed by atoms with van der Waals surface area (Å²) in [6.45, 7) is 4.75. The molecule has 7 nitrogen and oxygen atoms in total. The topological polar surface area (TPSA) is 89.0 Å². The van der Waals surface area contributed by atoms with Crippen molar-refractivity contribution in [2.45, 2.75) is 51.7 Å². The van der Waals surface area contributed by atoms with Gasteiger partial charge in [0, 0.05) is 18.2 Å². The summed E-state index contributed by atoms with van der Waals surface area (Å²) in [6, 6.07) is 17.0. The van der Waals surface area contributed by atoms with Crippen LogP contribution in [0.4, 0.5) is 5.82 Å². The van der Waals surface area contributed by atoms with Gasteiger partial charge < -0.3 is 14.6 Å². The molecule has 1 N–H and O–H groups in total. The largest absolute Gasteiger partial charge is 0.507 e. The van der Waals surface area contributed by atoms with Crippen molar-refractivity contribution < 1.29 is 24.2 Å². The Balaban J connectivity index is 1.56. The fourth-order valence-electron chi connectivity index (χ4n) is 4.89. The van der Waals surface area contributed by atoms with Gasteiger partial charge in [0.05, 0.1) is 18.2 Å². The SMILES string of the molecule is CCCCCOc1ccc(C2C(=C(O)c3ccc4c(c3)CC(C)O4)C(=O)C(=O)N2c2ccccn2)cc1. The molecule has 1 amide bonds. The Morgan fingerprint density at radius 2 is 1.92 bits per heavy atom. The van der Waals surface area contributed by atoms with Gasteiger partial charge in [-0.2, -0.15) is 0 Å². The van der Waals surface area contributed by atoms with Crippen LogP contribution in [-0.2, 0) is 16.0 Å². The number of Topliss-reactive ketones (excluding diaryl/α,β-unsaturated/α-hetero) is 1. The third kappa shape index (κ3) is 4.81. The predicted octanol–water partition coefficient (Wildman–Crippen LogP) is 5.60. The molecular weight excluding hydrogens is 468 g/mol. The lowest BCUT2D eigenvalue weighted by Crippen LogP contribution is -2.30. The van der Waals surface area contributed by atoms with Gasteiger partial charge in [-0.25, -0.2) is 4.98 Å². The monoisotopic (exact) mass is 498 g/mol. The molecule has 0 bridgehead atoms. The second-order valence-corrected chi connectivity index (χ2v) is 9.44. The lowest BCUT2D eigenvalue weighted by molar-refractivity contribution is -0.132. The maximum atomic E-state index is 13.4. The molecule has 2 unspecified atom stereocenters. The number of fused-ring (bicyclic) bond motifs is 1. The molecule has 0 saturated carbocycles. The molecule has 2 aliphatic heterocycles. The number of rotatable bonds is 8. The molecule has 2 aromatic carbocycles. The van der Waals surface area contributed by atoms with E-state index in [1.165, 1.54) is 4.90 Å². The van der Waals surface area contributed by atoms with Crippen molar-refractivity contribution in [3.63, 3.8) is 0 Å². The summed E-state index contributed by atoms with van der Waals surface area (Å²) < 4.78 is 11.6. The number of anilines is 1. The van der Waals surface area contributed by atoms with Gasteiger partial charge in [-0.15, -0.1) is 0 Å². The van der Waals surface area contributed by atoms with E-state index >= 15 is 0 Å². The predicted molar refractivity (Wildman–Crippen MR) is 141 cm³/mol. The molecule has 7 heteroatoms. The molecule has 1 saturated heterocycles. The highest BCUT2D eigenvalue weighted by molar-refractivity contribution is 6.51. The number of aliphatic hydroxyl groups is 1. The first kappa shape index (κ1) is 24.6. The molecule has 1 aromatic heterocycles. The van der Waals surface area contributed by atoms with Gasteiger partial charge in [0.25, 0.3) is 5.78 Å². The minimum absolute atomic E-state index is 0.0270. The van der Waals surface area contributed by atoms with E-state index in [0.29, 0.717) is 35.7 Å². The first-order valence-corrected chi connectivity index (χ1v) is 12.7. The minimum Gasteiger partial charge on any atom is -0.507 e. The molecule has 3 heterocycles. The van der Waals surface area contributed by atoms with E-state index < -0.39 is 17.7 Å². The molecule has 0 radical (unpaired) electrons. The average Bonchev–Trinajstić information content (AvgIpc) is 3.42. The Bertz CT molecular complexity index is 1330. The minimum atomic E-state index is -0.840. The van der Waals surface area contributed by atoms with Crippen molar-refractivity contribution >= 4 is 23.3 Å². The Labute approximate surface area is 216 Å². The average molecular weight is 499 g/mol. The number of benzene rings is 2. The van der Waals surface area contributed by atoms with Crippen LogP contribution in [0.5, 0.6) is 11.5 Å². The fraction of sp³-hybridized carbons (Fsp3) is 0.300. The number of hydrogen-bond donors (Lipinski definition) is 1. The number of nitrogens with zero attached hydrogens (tertiary/aromatic N) is 2. The maximum absolute atomic E-state index is 13.4. The van der Waals surface area contributed by atoms with E-state index in [1.807, 2.05) is 37.3 Å². The number of hydrogen-bond acceptors (Lipinski definition) is 6. The van der Waals surface area contributed by atoms with Gasteiger partial charge in [-0.05, 0) is 66.9 Å². The zero-order valence-corrected chi connectivity index (χ0v) is 21.0. The highest BCUT2D eigenvalue weighted by Crippen LogP contribution is 2.42. The van der Waals surface area contributed by atoms with Crippen LogP contribution >= 0.6 is 0 Å². The van der Waals surface area contributed by atoms with Crippen LogP contribution in [0.2, 0.25) is 0 Å². The highest BCUT2D eigenvalue weighted by atomic mass is 16.5. The molecule has 5 rings (SSSR count). The molecular formula is C30H30N2O5. The number of ketones is 1. The molecule has 1 fully saturated rings. The van der Waals surface area contributed by atoms with Gasteiger partial charge in [0.15, 0.2) is 0 Å². The molecule has 2 atom stereocenters. The summed E-state index contributed by atoms with van der Waals surface area (Å²) >= 11 is 0. The number of aliphatic hydroxyl groups excluding tert-OH is 1. The number of aromatic nitrogens is 1. The van der Waals surface area contributed by atoms with E-state index in [1.54, 1.807) is 36.5 Å². The molecule has 190 valence electrons. The van der Waals surface area contributed by atoms with Crippen LogP contribution < -0.4 is 14.4 Å². The van der Waals surface area contributed by atoms with Gasteiger partial charge in [0.1, 0.15) is 29.2 Å². The molecule has 37 heavy (non-hydrogen) atoms. The number of carbonyl (C=O) groups excluding carboxylic acids is 2. The van der Waals surface area contributed by atoms with Crippen molar-refractivity contribution in [1.29, 1.82) is 0 Å². The summed E-state index contributed by atoms with van der Waals surface area (Å²) in [5, 5.41) is 11.4. The van der Waals surface area contributed by atoms with Gasteiger partial charge in [-0.3, -0.25) is 14.5 Å². The van der Waals surface area contributed by atoms with Crippen LogP contribution in [0.1, 0.15) is 55.8 Å². The van der Waals surface area contributed by atoms with Crippen LogP contribution in [0, 0.1) is 0 Å². The lowest BCUT2D eigenvalue weighted by Gasteiger charge is -2.24. The van der Waals surface area contributed by atoms with Crippen LogP contribution in [0.25, 0.3) is 5.76 Å². The Morgan fingerprint density at radius 1 is 1.11 bits per heavy atom. The smallest absolute Gasteiger partial charge is 0.301 e. The first-order chi connectivity index (χ1) is 18.0. The normalized spacial score (nSPS) is 20.1. The highest BCUT2D eigenvalue weighted by Gasteiger charge is 2.47. The van der Waals surface area contributed by atoms with Gasteiger partial charge in [-0.1, -0.05) is 38.0 Å². The van der Waals surface area contributed by atoms with Crippen molar-refractivity contribution in [3.8, 4) is 11.5 Å². The number of unbranched alkanes of at least 4 members (excludes halogenated alkanes) is 2. The quantitative estimate of drug-likeness (QED) is 0.188. The van der Waals surface area contributed by atoms with E-state index in [-0.39, 0.29) is 17.4 Å². The van der Waals surface area contributed by atoms with E-state index in [4.69, 9.17) is 9.47 Å². The second-order valence-electron chi connectivity index (χ2n) is 9.44. The Hall–Kier alpha value is -4.13. The van der Waals surface area contributed by atoms with Crippen molar-refractivity contribution in [1.82, 2.24) is 4.98 Å². The first-order valence-electron chi connectivity index (χ1n) is 12.7. The Kier molecular flexibility index (Phi) is 6.95. The number of pyridine rings is 1. The summed E-state index contributed by atoms with van der Waals surface area (Å²) in [5.41, 5.74) is 2.12. The number of carbonyl (C=O) groups is 2. The molecule has 0 spiro atoms. The van der Waals surface area contributed by atoms with Crippen molar-refractivity contribution in [3.05, 3.63) is 89.1 Å². The van der Waals surface area contributed by atoms with Crippen LogP contribution in [-0.4, -0.2) is 34.5 Å². The zero-order valence-electron chi connectivity index (χ0n) is 21.0. The lowest BCUT2D eigenvalue weighted by atomic mass is 9.94. The van der Waals surface area contributed by atoms with Gasteiger partial charge >= 0.3 is 5.91 Å². The summed E-state index contributed by atoms with van der Waals surface area (Å²) in [7, 11) is 0. The van der Waals surface area contributed by atoms with E-state index in [0.717, 1.165) is 30.6 Å². The molecule has 0 aliphatic carbocycles. The number of ether oxygens (including phenoxy) is 2. The standard InChI is InChI=1S/C30H30N2O5/c1-3-4-7-16-36-23-12-9-20(10-13-23)27-26(29(34)30(35)32(27)25-8-5-6-15-31-25)28(33)21-11-14-24-22(18-21)17-19(2)37-24/h5-6,8-15,18-19,27,33H,3-4,7,16-17H2,1-2H3. The zero-order chi connectivity index (χ0) is 25.9. The summed E-state index contributed by atoms with van der Waals surface area (Å²) in [6.07, 6.45) is 5.52. The van der Waals surface area contributed by atoms with Gasteiger partial charge in [0.2, 0.25) is 0 Å². The Morgan fingerprint density at radius 3 is 2.65 bits per heavy atom. The fourth-order valence-corrected chi connectivity index (χ4v) is 4.89. The van der Waals surface area contributed by atoms with Crippen LogP contribution in [0.3, 0.4) is 0 Å². The molecule has 2 aliphatic rings. The second kappa shape index (κ2) is 10.5. The third-order valence-corrected chi connectivity index (χ3v) is 6.72. The molecule has 3 aromatic rings.